The minimum absolute atomic E-state index is 0.561. The number of nitrogens with two attached hydrogens (primary N) is 1. The van der Waals surface area contributed by atoms with Gasteiger partial charge in [0, 0.05) is 12.7 Å². The number of nitrogen functional groups attached to an aromatic ring is 1. The van der Waals surface area contributed by atoms with E-state index in [-0.39, 0.29) is 0 Å². The first kappa shape index (κ1) is 10.7. The summed E-state index contributed by atoms with van der Waals surface area (Å²) in [7, 11) is 3.99. The smallest absolute Gasteiger partial charge is 0.182 e. The van der Waals surface area contributed by atoms with Crippen LogP contribution < -0.4 is 16.0 Å². The van der Waals surface area contributed by atoms with Gasteiger partial charge in [0.15, 0.2) is 11.6 Å². The zero-order chi connectivity index (χ0) is 10.4. The van der Waals surface area contributed by atoms with Crippen molar-refractivity contribution in [3.05, 3.63) is 18.3 Å². The Hall–Kier alpha value is -1.33. The van der Waals surface area contributed by atoms with Gasteiger partial charge in [0.05, 0.1) is 0 Å². The van der Waals surface area contributed by atoms with Crippen LogP contribution in [0.2, 0.25) is 0 Å². The minimum atomic E-state index is 0.561. The molecule has 0 spiro atoms. The molecule has 1 heterocycles. The van der Waals surface area contributed by atoms with Gasteiger partial charge in [-0.05, 0) is 26.2 Å². The topological polar surface area (TPSA) is 63.4 Å². The molecule has 0 aliphatic rings. The summed E-state index contributed by atoms with van der Waals surface area (Å²) >= 11 is 0. The van der Waals surface area contributed by atoms with E-state index in [4.69, 9.17) is 10.6 Å². The van der Waals surface area contributed by atoms with Gasteiger partial charge in [-0.3, -0.25) is 0 Å². The van der Waals surface area contributed by atoms with Crippen molar-refractivity contribution in [1.82, 2.24) is 9.88 Å². The summed E-state index contributed by atoms with van der Waals surface area (Å²) in [6.45, 7) is 1.48. The highest BCUT2D eigenvalue weighted by Crippen LogP contribution is 2.18. The molecule has 0 aromatic carbocycles. The van der Waals surface area contributed by atoms with Crippen LogP contribution in [0.1, 0.15) is 0 Å². The van der Waals surface area contributed by atoms with Crippen molar-refractivity contribution < 1.29 is 4.74 Å². The van der Waals surface area contributed by atoms with E-state index >= 15 is 0 Å². The summed E-state index contributed by atoms with van der Waals surface area (Å²) in [5, 5.41) is 0. The van der Waals surface area contributed by atoms with E-state index in [0.29, 0.717) is 18.2 Å². The number of pyridine rings is 1. The van der Waals surface area contributed by atoms with Crippen LogP contribution in [0.5, 0.6) is 5.75 Å². The molecule has 0 radical (unpaired) electrons. The standard InChI is InChI=1S/C9H16N4O/c1-13(2)6-7-14-8-4-3-5-11-9(8)12-10/h3-5H,6-7,10H2,1-2H3,(H,11,12). The van der Waals surface area contributed by atoms with Crippen molar-refractivity contribution in [2.24, 2.45) is 5.84 Å². The Morgan fingerprint density at radius 1 is 1.57 bits per heavy atom. The fraction of sp³-hybridized carbons (Fsp3) is 0.444. The van der Waals surface area contributed by atoms with Gasteiger partial charge < -0.3 is 15.1 Å². The van der Waals surface area contributed by atoms with Crippen molar-refractivity contribution in [3.63, 3.8) is 0 Å². The normalized spacial score (nSPS) is 10.3. The number of hydrogen-bond acceptors (Lipinski definition) is 5. The maximum absolute atomic E-state index is 5.49. The number of rotatable bonds is 5. The quantitative estimate of drug-likeness (QED) is 0.524. The SMILES string of the molecule is CN(C)CCOc1cccnc1NN. The number of anilines is 1. The lowest BCUT2D eigenvalue weighted by atomic mass is 10.4. The van der Waals surface area contributed by atoms with Crippen LogP contribution in [-0.4, -0.2) is 37.1 Å². The highest BCUT2D eigenvalue weighted by atomic mass is 16.5. The Balaban J connectivity index is 2.49. The van der Waals surface area contributed by atoms with Gasteiger partial charge in [-0.2, -0.15) is 0 Å². The first-order chi connectivity index (χ1) is 6.74. The molecule has 3 N–H and O–H groups in total. The van der Waals surface area contributed by atoms with Crippen LogP contribution >= 0.6 is 0 Å². The molecule has 0 unspecified atom stereocenters. The second-order valence-electron chi connectivity index (χ2n) is 3.15. The molecular formula is C9H16N4O. The average molecular weight is 196 g/mol. The largest absolute Gasteiger partial charge is 0.488 e. The number of aromatic nitrogens is 1. The zero-order valence-electron chi connectivity index (χ0n) is 8.53. The lowest BCUT2D eigenvalue weighted by Crippen LogP contribution is -2.20. The molecule has 5 nitrogen and oxygen atoms in total. The molecule has 0 bridgehead atoms. The van der Waals surface area contributed by atoms with Crippen molar-refractivity contribution >= 4 is 5.82 Å². The van der Waals surface area contributed by atoms with Crippen molar-refractivity contribution in [2.45, 2.75) is 0 Å². The van der Waals surface area contributed by atoms with Crippen molar-refractivity contribution in [1.29, 1.82) is 0 Å². The molecule has 0 fully saturated rings. The van der Waals surface area contributed by atoms with Crippen LogP contribution in [0.4, 0.5) is 5.82 Å². The second-order valence-corrected chi connectivity index (χ2v) is 3.15. The van der Waals surface area contributed by atoms with E-state index in [1.165, 1.54) is 0 Å². The van der Waals surface area contributed by atoms with Gasteiger partial charge in [-0.15, -0.1) is 0 Å². The monoisotopic (exact) mass is 196 g/mol. The molecule has 1 rings (SSSR count). The number of nitrogens with zero attached hydrogens (tertiary/aromatic N) is 2. The third kappa shape index (κ3) is 3.20. The fourth-order valence-corrected chi connectivity index (χ4v) is 0.954. The van der Waals surface area contributed by atoms with Gasteiger partial charge >= 0.3 is 0 Å². The highest BCUT2D eigenvalue weighted by Gasteiger charge is 2.01. The highest BCUT2D eigenvalue weighted by molar-refractivity contribution is 5.48. The van der Waals surface area contributed by atoms with Crippen LogP contribution in [0.15, 0.2) is 18.3 Å². The lowest BCUT2D eigenvalue weighted by molar-refractivity contribution is 0.261. The van der Waals surface area contributed by atoms with Gasteiger partial charge in [-0.25, -0.2) is 10.8 Å². The van der Waals surface area contributed by atoms with Gasteiger partial charge in [0.25, 0.3) is 0 Å². The van der Waals surface area contributed by atoms with Gasteiger partial charge in [-0.1, -0.05) is 0 Å². The number of likely N-dealkylation sites (N-methyl/N-ethyl adjacent to an activating group) is 1. The predicted molar refractivity (Wildman–Crippen MR) is 56.1 cm³/mol. The average Bonchev–Trinajstić information content (AvgIpc) is 2.18. The molecule has 0 atom stereocenters. The molecule has 0 saturated carbocycles. The Morgan fingerprint density at radius 2 is 2.36 bits per heavy atom. The Labute approximate surface area is 83.8 Å². The molecule has 78 valence electrons. The van der Waals surface area contributed by atoms with Crippen LogP contribution in [0.3, 0.4) is 0 Å². The fourth-order valence-electron chi connectivity index (χ4n) is 0.954. The maximum atomic E-state index is 5.49. The number of ether oxygens (including phenoxy) is 1. The first-order valence-corrected chi connectivity index (χ1v) is 4.43. The van der Waals surface area contributed by atoms with E-state index in [2.05, 4.69) is 10.4 Å². The van der Waals surface area contributed by atoms with Gasteiger partial charge in [0.2, 0.25) is 0 Å². The molecule has 0 amide bonds. The van der Waals surface area contributed by atoms with E-state index in [1.807, 2.05) is 31.1 Å². The van der Waals surface area contributed by atoms with Crippen LogP contribution in [-0.2, 0) is 0 Å². The molecule has 0 saturated heterocycles. The number of hydrazine groups is 1. The van der Waals surface area contributed by atoms with E-state index in [0.717, 1.165) is 6.54 Å². The number of nitrogens with one attached hydrogen (secondary N) is 1. The molecule has 14 heavy (non-hydrogen) atoms. The van der Waals surface area contributed by atoms with E-state index in [1.54, 1.807) is 6.20 Å². The third-order valence-corrected chi connectivity index (χ3v) is 1.70. The molecule has 1 aromatic heterocycles. The molecule has 5 heteroatoms. The molecule has 0 aliphatic heterocycles. The maximum Gasteiger partial charge on any atom is 0.182 e. The number of hydrogen-bond donors (Lipinski definition) is 2. The predicted octanol–water partition coefficient (Wildman–Crippen LogP) is 0.308. The molecule has 1 aromatic rings. The Bertz CT molecular complexity index is 277. The van der Waals surface area contributed by atoms with Gasteiger partial charge in [0.1, 0.15) is 6.61 Å². The summed E-state index contributed by atoms with van der Waals surface area (Å²) in [6.07, 6.45) is 1.66. The summed E-state index contributed by atoms with van der Waals surface area (Å²) in [4.78, 5) is 6.07. The Kier molecular flexibility index (Phi) is 4.15. The zero-order valence-corrected chi connectivity index (χ0v) is 8.53. The summed E-state index contributed by atoms with van der Waals surface area (Å²) in [6, 6.07) is 3.64. The summed E-state index contributed by atoms with van der Waals surface area (Å²) in [5.74, 6) is 6.52. The Morgan fingerprint density at radius 3 is 3.00 bits per heavy atom. The minimum Gasteiger partial charge on any atom is -0.488 e. The molecule has 0 aliphatic carbocycles. The summed E-state index contributed by atoms with van der Waals surface area (Å²) in [5.41, 5.74) is 2.48. The van der Waals surface area contributed by atoms with Crippen molar-refractivity contribution in [2.75, 3.05) is 32.7 Å². The molecular weight excluding hydrogens is 180 g/mol. The van der Waals surface area contributed by atoms with E-state index in [9.17, 15) is 0 Å². The lowest BCUT2D eigenvalue weighted by Gasteiger charge is -2.12. The third-order valence-electron chi connectivity index (χ3n) is 1.70. The van der Waals surface area contributed by atoms with E-state index < -0.39 is 0 Å². The van der Waals surface area contributed by atoms with Crippen LogP contribution in [0.25, 0.3) is 0 Å². The first-order valence-electron chi connectivity index (χ1n) is 4.43. The van der Waals surface area contributed by atoms with Crippen LogP contribution in [0, 0.1) is 0 Å². The second kappa shape index (κ2) is 5.41. The summed E-state index contributed by atoms with van der Waals surface area (Å²) < 4.78 is 5.49. The van der Waals surface area contributed by atoms with Crippen molar-refractivity contribution in [3.8, 4) is 5.75 Å².